The molecule has 3 N–H and O–H groups in total. The van der Waals surface area contributed by atoms with E-state index in [1.165, 1.54) is 0 Å². The Labute approximate surface area is 95.5 Å². The number of carboxylic acids is 1. The van der Waals surface area contributed by atoms with E-state index in [9.17, 15) is 9.59 Å². The average molecular weight is 241 g/mol. The number of carbonyl (C=O) groups excluding carboxylic acids is 1. The summed E-state index contributed by atoms with van der Waals surface area (Å²) in [7, 11) is 0. The molecule has 0 aliphatic carbocycles. The van der Waals surface area contributed by atoms with Gasteiger partial charge in [0.25, 0.3) is 0 Å². The number of carbonyl (C=O) groups is 2. The lowest BCUT2D eigenvalue weighted by Gasteiger charge is -2.10. The lowest BCUT2D eigenvalue weighted by atomic mass is 10.2. The Morgan fingerprint density at radius 1 is 1.47 bits per heavy atom. The van der Waals surface area contributed by atoms with E-state index in [0.29, 0.717) is 18.7 Å². The van der Waals surface area contributed by atoms with Gasteiger partial charge in [-0.3, -0.25) is 4.79 Å². The summed E-state index contributed by atoms with van der Waals surface area (Å²) in [4.78, 5) is 22.2. The summed E-state index contributed by atoms with van der Waals surface area (Å²) in [5.41, 5.74) is 0. The molecule has 0 bridgehead atoms. The molecule has 2 rings (SSSR count). The standard InChI is InChI=1S/C8H11N5O4/c14-7(9-3-6-10-12-13-11-6)4-1-2-5(17-4)8(15)16/h4-5H,1-3H2,(H,9,14)(H,15,16)(H,10,11,12,13). The summed E-state index contributed by atoms with van der Waals surface area (Å²) in [5, 5.41) is 24.2. The number of aromatic amines is 1. The molecule has 1 amide bonds. The monoisotopic (exact) mass is 241 g/mol. The lowest BCUT2D eigenvalue weighted by Crippen LogP contribution is -2.35. The van der Waals surface area contributed by atoms with Gasteiger partial charge in [-0.15, -0.1) is 10.2 Å². The van der Waals surface area contributed by atoms with Crippen LogP contribution in [0.3, 0.4) is 0 Å². The quantitative estimate of drug-likeness (QED) is 0.581. The minimum atomic E-state index is -1.04. The highest BCUT2D eigenvalue weighted by Gasteiger charge is 2.34. The maximum atomic E-state index is 11.6. The van der Waals surface area contributed by atoms with Gasteiger partial charge in [-0.25, -0.2) is 4.79 Å². The molecule has 0 aromatic carbocycles. The lowest BCUT2D eigenvalue weighted by molar-refractivity contribution is -0.151. The number of carboxylic acid groups (broad SMARTS) is 1. The number of amides is 1. The average Bonchev–Trinajstić information content (AvgIpc) is 2.96. The van der Waals surface area contributed by atoms with Crippen molar-refractivity contribution in [2.75, 3.05) is 0 Å². The number of ether oxygens (including phenoxy) is 1. The van der Waals surface area contributed by atoms with Gasteiger partial charge in [0.05, 0.1) is 6.54 Å². The van der Waals surface area contributed by atoms with Gasteiger partial charge < -0.3 is 15.2 Å². The van der Waals surface area contributed by atoms with Crippen LogP contribution in [0.25, 0.3) is 0 Å². The molecule has 1 aromatic heterocycles. The second-order valence-electron chi connectivity index (χ2n) is 3.57. The van der Waals surface area contributed by atoms with Crippen LogP contribution in [0.5, 0.6) is 0 Å². The van der Waals surface area contributed by atoms with Crippen LogP contribution in [0, 0.1) is 0 Å². The number of tetrazole rings is 1. The van der Waals surface area contributed by atoms with Crippen LogP contribution in [0.15, 0.2) is 0 Å². The van der Waals surface area contributed by atoms with Crippen molar-refractivity contribution in [3.8, 4) is 0 Å². The fraction of sp³-hybridized carbons (Fsp3) is 0.625. The minimum absolute atomic E-state index is 0.132. The van der Waals surface area contributed by atoms with Crippen molar-refractivity contribution < 1.29 is 19.4 Å². The number of nitrogens with zero attached hydrogens (tertiary/aromatic N) is 3. The molecule has 1 aliphatic heterocycles. The Hall–Kier alpha value is -2.03. The van der Waals surface area contributed by atoms with Gasteiger partial charge in [0.15, 0.2) is 11.9 Å². The predicted octanol–water partition coefficient (Wildman–Crippen LogP) is -1.55. The number of hydrogen-bond acceptors (Lipinski definition) is 6. The molecule has 92 valence electrons. The van der Waals surface area contributed by atoms with Crippen LogP contribution in [0.2, 0.25) is 0 Å². The molecule has 2 atom stereocenters. The third-order valence-electron chi connectivity index (χ3n) is 2.40. The van der Waals surface area contributed by atoms with E-state index >= 15 is 0 Å². The fourth-order valence-corrected chi connectivity index (χ4v) is 1.55. The summed E-state index contributed by atoms with van der Waals surface area (Å²) in [6.45, 7) is 0.132. The van der Waals surface area contributed by atoms with Crippen LogP contribution in [0.1, 0.15) is 18.7 Å². The van der Waals surface area contributed by atoms with Gasteiger partial charge >= 0.3 is 5.97 Å². The number of nitrogens with one attached hydrogen (secondary N) is 2. The zero-order valence-electron chi connectivity index (χ0n) is 8.79. The summed E-state index contributed by atoms with van der Waals surface area (Å²) in [6, 6.07) is 0. The number of aromatic nitrogens is 4. The highest BCUT2D eigenvalue weighted by atomic mass is 16.5. The minimum Gasteiger partial charge on any atom is -0.479 e. The molecule has 17 heavy (non-hydrogen) atoms. The fourth-order valence-electron chi connectivity index (χ4n) is 1.55. The molecule has 9 nitrogen and oxygen atoms in total. The molecule has 0 spiro atoms. The van der Waals surface area contributed by atoms with Gasteiger partial charge in [-0.1, -0.05) is 5.21 Å². The van der Waals surface area contributed by atoms with Gasteiger partial charge in [0.2, 0.25) is 5.91 Å². The van der Waals surface area contributed by atoms with E-state index in [1.54, 1.807) is 0 Å². The van der Waals surface area contributed by atoms with Crippen molar-refractivity contribution in [1.82, 2.24) is 25.9 Å². The van der Waals surface area contributed by atoms with E-state index in [-0.39, 0.29) is 12.5 Å². The highest BCUT2D eigenvalue weighted by Crippen LogP contribution is 2.19. The smallest absolute Gasteiger partial charge is 0.332 e. The Morgan fingerprint density at radius 2 is 2.24 bits per heavy atom. The van der Waals surface area contributed by atoms with Gasteiger partial charge in [0, 0.05) is 0 Å². The normalized spacial score (nSPS) is 23.5. The maximum Gasteiger partial charge on any atom is 0.332 e. The molecule has 2 unspecified atom stereocenters. The SMILES string of the molecule is O=C(O)C1CCC(C(=O)NCc2nn[nH]n2)O1. The molecule has 2 heterocycles. The molecule has 1 aliphatic rings. The van der Waals surface area contributed by atoms with Crippen molar-refractivity contribution >= 4 is 11.9 Å². The Bertz CT molecular complexity index is 406. The van der Waals surface area contributed by atoms with Crippen LogP contribution in [-0.4, -0.2) is 49.8 Å². The zero-order chi connectivity index (χ0) is 12.3. The van der Waals surface area contributed by atoms with E-state index in [1.807, 2.05) is 0 Å². The van der Waals surface area contributed by atoms with Crippen molar-refractivity contribution in [2.45, 2.75) is 31.6 Å². The van der Waals surface area contributed by atoms with Gasteiger partial charge in [-0.05, 0) is 12.8 Å². The first-order valence-corrected chi connectivity index (χ1v) is 5.05. The Balaban J connectivity index is 1.79. The van der Waals surface area contributed by atoms with Gasteiger partial charge in [0.1, 0.15) is 6.10 Å². The molecule has 1 fully saturated rings. The van der Waals surface area contributed by atoms with E-state index in [0.717, 1.165) is 0 Å². The summed E-state index contributed by atoms with van der Waals surface area (Å²) < 4.78 is 5.08. The predicted molar refractivity (Wildman–Crippen MR) is 51.6 cm³/mol. The van der Waals surface area contributed by atoms with Crippen LogP contribution < -0.4 is 5.32 Å². The highest BCUT2D eigenvalue weighted by molar-refractivity contribution is 5.82. The second-order valence-corrected chi connectivity index (χ2v) is 3.57. The Kier molecular flexibility index (Phi) is 3.28. The van der Waals surface area contributed by atoms with Gasteiger partial charge in [-0.2, -0.15) is 5.21 Å². The molecule has 1 aromatic rings. The largest absolute Gasteiger partial charge is 0.479 e. The first kappa shape index (κ1) is 11.5. The zero-order valence-corrected chi connectivity index (χ0v) is 8.79. The number of hydrogen-bond donors (Lipinski definition) is 3. The van der Waals surface area contributed by atoms with E-state index < -0.39 is 18.2 Å². The molecule has 1 saturated heterocycles. The number of aliphatic carboxylic acids is 1. The third-order valence-corrected chi connectivity index (χ3v) is 2.40. The first-order chi connectivity index (χ1) is 8.16. The first-order valence-electron chi connectivity index (χ1n) is 5.05. The van der Waals surface area contributed by atoms with Crippen molar-refractivity contribution in [1.29, 1.82) is 0 Å². The maximum absolute atomic E-state index is 11.6. The summed E-state index contributed by atoms with van der Waals surface area (Å²) in [5.74, 6) is -1.05. The van der Waals surface area contributed by atoms with Crippen molar-refractivity contribution in [3.05, 3.63) is 5.82 Å². The summed E-state index contributed by atoms with van der Waals surface area (Å²) >= 11 is 0. The Morgan fingerprint density at radius 3 is 2.82 bits per heavy atom. The van der Waals surface area contributed by atoms with Crippen LogP contribution in [-0.2, 0) is 20.9 Å². The number of rotatable bonds is 4. The molecule has 0 radical (unpaired) electrons. The number of H-pyrrole nitrogens is 1. The van der Waals surface area contributed by atoms with Crippen molar-refractivity contribution in [3.63, 3.8) is 0 Å². The van der Waals surface area contributed by atoms with Crippen molar-refractivity contribution in [2.24, 2.45) is 0 Å². The van der Waals surface area contributed by atoms with E-state index in [4.69, 9.17) is 9.84 Å². The molecule has 0 saturated carbocycles. The third kappa shape index (κ3) is 2.75. The molecular formula is C8H11N5O4. The summed E-state index contributed by atoms with van der Waals surface area (Å²) in [6.07, 6.45) is -0.871. The topological polar surface area (TPSA) is 130 Å². The van der Waals surface area contributed by atoms with Crippen LogP contribution in [0.4, 0.5) is 0 Å². The molecular weight excluding hydrogens is 230 g/mol. The second kappa shape index (κ2) is 4.87. The van der Waals surface area contributed by atoms with E-state index in [2.05, 4.69) is 25.9 Å². The van der Waals surface area contributed by atoms with Crippen LogP contribution >= 0.6 is 0 Å². The molecule has 9 heteroatoms.